The van der Waals surface area contributed by atoms with Crippen LogP contribution in [0.3, 0.4) is 0 Å². The lowest BCUT2D eigenvalue weighted by atomic mass is 10.2. The van der Waals surface area contributed by atoms with E-state index < -0.39 is 11.5 Å². The molecule has 0 fully saturated rings. The highest BCUT2D eigenvalue weighted by molar-refractivity contribution is 7.14. The Morgan fingerprint density at radius 1 is 1.32 bits per heavy atom. The lowest BCUT2D eigenvalue weighted by Gasteiger charge is -2.04. The fourth-order valence-corrected chi connectivity index (χ4v) is 2.98. The monoisotopic (exact) mass is 409 g/mol. The molecule has 2 heterocycles. The number of thiazole rings is 1. The number of aromatic nitrogens is 3. The summed E-state index contributed by atoms with van der Waals surface area (Å²) in [5.41, 5.74) is 1.26. The minimum absolute atomic E-state index is 0.0429. The van der Waals surface area contributed by atoms with Crippen LogP contribution >= 0.6 is 11.3 Å². The van der Waals surface area contributed by atoms with Gasteiger partial charge in [-0.2, -0.15) is 13.5 Å². The molecular formula is C16H13F2N5O4S. The van der Waals surface area contributed by atoms with E-state index in [4.69, 9.17) is 0 Å². The van der Waals surface area contributed by atoms with Crippen LogP contribution in [0, 0.1) is 10.1 Å². The van der Waals surface area contributed by atoms with Crippen LogP contribution in [0.4, 0.5) is 19.7 Å². The number of benzene rings is 1. The van der Waals surface area contributed by atoms with E-state index in [2.05, 4.69) is 20.1 Å². The number of hydrogen-bond acceptors (Lipinski definition) is 7. The van der Waals surface area contributed by atoms with Crippen LogP contribution in [0.2, 0.25) is 0 Å². The number of halogens is 2. The smallest absolute Gasteiger partial charge is 0.389 e. The molecule has 3 rings (SSSR count). The van der Waals surface area contributed by atoms with Crippen LogP contribution in [-0.2, 0) is 11.3 Å². The summed E-state index contributed by atoms with van der Waals surface area (Å²) in [5.74, 6) is -0.559. The van der Waals surface area contributed by atoms with Gasteiger partial charge in [0.05, 0.1) is 29.6 Å². The number of ether oxygens (including phenoxy) is 1. The molecular weight excluding hydrogens is 396 g/mol. The van der Waals surface area contributed by atoms with Gasteiger partial charge in [0.1, 0.15) is 5.75 Å². The molecule has 9 nitrogen and oxygen atoms in total. The van der Waals surface area contributed by atoms with Crippen LogP contribution < -0.4 is 10.1 Å². The van der Waals surface area contributed by atoms with Gasteiger partial charge in [-0.1, -0.05) is 0 Å². The first-order valence-electron chi connectivity index (χ1n) is 7.89. The lowest BCUT2D eigenvalue weighted by molar-refractivity contribution is -0.389. The third kappa shape index (κ3) is 5.07. The number of alkyl halides is 2. The van der Waals surface area contributed by atoms with Crippen molar-refractivity contribution in [1.82, 2.24) is 14.8 Å². The van der Waals surface area contributed by atoms with Crippen molar-refractivity contribution in [1.29, 1.82) is 0 Å². The average Bonchev–Trinajstić information content (AvgIpc) is 3.30. The molecule has 0 aliphatic carbocycles. The summed E-state index contributed by atoms with van der Waals surface area (Å²) < 4.78 is 29.9. The molecule has 0 radical (unpaired) electrons. The van der Waals surface area contributed by atoms with Crippen LogP contribution in [-0.4, -0.2) is 32.2 Å². The molecule has 0 aliphatic heterocycles. The molecule has 0 saturated heterocycles. The largest absolute Gasteiger partial charge is 0.435 e. The fraction of sp³-hybridized carbons (Fsp3) is 0.188. The molecule has 3 aromatic rings. The van der Waals surface area contributed by atoms with Crippen molar-refractivity contribution in [3.8, 4) is 17.0 Å². The Hall–Kier alpha value is -3.41. The van der Waals surface area contributed by atoms with Gasteiger partial charge in [-0.05, 0) is 29.2 Å². The normalized spacial score (nSPS) is 10.8. The Balaban J connectivity index is 1.54. The van der Waals surface area contributed by atoms with Crippen LogP contribution in [0.1, 0.15) is 6.42 Å². The van der Waals surface area contributed by atoms with Gasteiger partial charge in [0.15, 0.2) is 5.13 Å². The number of aryl methyl sites for hydroxylation is 1. The Kier molecular flexibility index (Phi) is 5.89. The summed E-state index contributed by atoms with van der Waals surface area (Å²) in [7, 11) is 0. The SMILES string of the molecule is O=C(CCn1ccc([N+](=O)[O-])n1)Nc1nc(-c2ccc(OC(F)F)cc2)cs1. The van der Waals surface area contributed by atoms with E-state index in [1.807, 2.05) is 0 Å². The van der Waals surface area contributed by atoms with Gasteiger partial charge in [-0.25, -0.2) is 4.98 Å². The molecule has 1 N–H and O–H groups in total. The summed E-state index contributed by atoms with van der Waals surface area (Å²) >= 11 is 1.21. The maximum absolute atomic E-state index is 12.2. The maximum Gasteiger partial charge on any atom is 0.389 e. The van der Waals surface area contributed by atoms with Crippen LogP contribution in [0.25, 0.3) is 11.3 Å². The zero-order chi connectivity index (χ0) is 20.1. The molecule has 0 unspecified atom stereocenters. The van der Waals surface area contributed by atoms with Crippen molar-refractivity contribution in [3.05, 3.63) is 52.0 Å². The zero-order valence-corrected chi connectivity index (χ0v) is 14.9. The first-order chi connectivity index (χ1) is 13.4. The third-order valence-electron chi connectivity index (χ3n) is 3.51. The number of nitrogens with one attached hydrogen (secondary N) is 1. The number of amides is 1. The van der Waals surface area contributed by atoms with Crippen molar-refractivity contribution >= 4 is 28.2 Å². The predicted molar refractivity (Wildman–Crippen MR) is 96.3 cm³/mol. The van der Waals surface area contributed by atoms with E-state index in [-0.39, 0.29) is 30.4 Å². The zero-order valence-electron chi connectivity index (χ0n) is 14.1. The molecule has 1 amide bonds. The highest BCUT2D eigenvalue weighted by Crippen LogP contribution is 2.27. The molecule has 0 spiro atoms. The lowest BCUT2D eigenvalue weighted by Crippen LogP contribution is -2.14. The van der Waals surface area contributed by atoms with Gasteiger partial charge in [0.2, 0.25) is 5.91 Å². The molecule has 146 valence electrons. The van der Waals surface area contributed by atoms with Crippen LogP contribution in [0.15, 0.2) is 41.9 Å². The van der Waals surface area contributed by atoms with Gasteiger partial charge in [-0.15, -0.1) is 11.3 Å². The Morgan fingerprint density at radius 2 is 2.07 bits per heavy atom. The van der Waals surface area contributed by atoms with E-state index in [0.717, 1.165) is 0 Å². The molecule has 0 atom stereocenters. The van der Waals surface area contributed by atoms with E-state index in [1.54, 1.807) is 17.5 Å². The van der Waals surface area contributed by atoms with E-state index in [1.165, 1.54) is 40.4 Å². The van der Waals surface area contributed by atoms with Gasteiger partial charge in [0.25, 0.3) is 0 Å². The topological polar surface area (TPSA) is 112 Å². The first kappa shape index (κ1) is 19.4. The van der Waals surface area contributed by atoms with E-state index >= 15 is 0 Å². The quantitative estimate of drug-likeness (QED) is 0.450. The summed E-state index contributed by atoms with van der Waals surface area (Å²) in [6.07, 6.45) is 1.49. The highest BCUT2D eigenvalue weighted by Gasteiger charge is 2.13. The number of nitrogens with zero attached hydrogens (tertiary/aromatic N) is 4. The summed E-state index contributed by atoms with van der Waals surface area (Å²) in [6, 6.07) is 7.24. The van der Waals surface area contributed by atoms with Gasteiger partial charge in [0, 0.05) is 17.4 Å². The molecule has 1 aromatic carbocycles. The van der Waals surface area contributed by atoms with E-state index in [0.29, 0.717) is 16.4 Å². The molecule has 0 bridgehead atoms. The minimum Gasteiger partial charge on any atom is -0.435 e. The number of nitro groups is 1. The van der Waals surface area contributed by atoms with Crippen LogP contribution in [0.5, 0.6) is 5.75 Å². The fourth-order valence-electron chi connectivity index (χ4n) is 2.24. The summed E-state index contributed by atoms with van der Waals surface area (Å²) in [4.78, 5) is 26.3. The van der Waals surface area contributed by atoms with Gasteiger partial charge < -0.3 is 20.2 Å². The molecule has 28 heavy (non-hydrogen) atoms. The van der Waals surface area contributed by atoms with E-state index in [9.17, 15) is 23.7 Å². The first-order valence-corrected chi connectivity index (χ1v) is 8.77. The van der Waals surface area contributed by atoms with Crippen molar-refractivity contribution in [2.75, 3.05) is 5.32 Å². The minimum atomic E-state index is -2.89. The predicted octanol–water partition coefficient (Wildman–Crippen LogP) is 3.55. The number of carbonyl (C=O) groups excluding carboxylic acids is 1. The number of carbonyl (C=O) groups is 1. The molecule has 2 aromatic heterocycles. The third-order valence-corrected chi connectivity index (χ3v) is 4.27. The number of anilines is 1. The van der Waals surface area contributed by atoms with Crippen molar-refractivity contribution < 1.29 is 23.2 Å². The van der Waals surface area contributed by atoms with Crippen molar-refractivity contribution in [2.24, 2.45) is 0 Å². The summed E-state index contributed by atoms with van der Waals surface area (Å²) in [5, 5.41) is 19.0. The summed E-state index contributed by atoms with van der Waals surface area (Å²) in [6.45, 7) is -2.71. The Morgan fingerprint density at radius 3 is 2.71 bits per heavy atom. The molecule has 0 aliphatic rings. The highest BCUT2D eigenvalue weighted by atomic mass is 32.1. The number of hydrogen-bond donors (Lipinski definition) is 1. The molecule has 12 heteroatoms. The maximum atomic E-state index is 12.2. The Labute approximate surface area is 160 Å². The van der Waals surface area contributed by atoms with Crippen molar-refractivity contribution in [3.63, 3.8) is 0 Å². The number of rotatable bonds is 8. The molecule has 0 saturated carbocycles. The second-order valence-electron chi connectivity index (χ2n) is 5.43. The standard InChI is InChI=1S/C16H13F2N5O4S/c17-15(18)27-11-3-1-10(2-4-11)12-9-28-16(19-12)20-14(24)6-8-22-7-5-13(21-22)23(25)26/h1-5,7,9,15H,6,8H2,(H,19,20,24). The second-order valence-corrected chi connectivity index (χ2v) is 6.29. The van der Waals surface area contributed by atoms with Gasteiger partial charge >= 0.3 is 12.4 Å². The van der Waals surface area contributed by atoms with Crippen molar-refractivity contribution in [2.45, 2.75) is 19.6 Å². The second kappa shape index (κ2) is 8.52. The van der Waals surface area contributed by atoms with Gasteiger partial charge in [-0.3, -0.25) is 4.79 Å². The average molecular weight is 409 g/mol. The Bertz CT molecular complexity index is 974.